The number of nitrogens with one attached hydrogen (secondary N) is 2. The molecule has 9 nitrogen and oxygen atoms in total. The molecule has 0 spiro atoms. The highest BCUT2D eigenvalue weighted by molar-refractivity contribution is 6.07. The minimum absolute atomic E-state index is 0.267. The molecular formula is C28H31N3O6. The maximum absolute atomic E-state index is 13.0. The molecule has 2 amide bonds. The van der Waals surface area contributed by atoms with E-state index < -0.39 is 0 Å². The van der Waals surface area contributed by atoms with Gasteiger partial charge in [-0.3, -0.25) is 9.59 Å². The van der Waals surface area contributed by atoms with Crippen molar-refractivity contribution in [2.24, 2.45) is 5.10 Å². The maximum Gasteiger partial charge on any atom is 0.287 e. The Morgan fingerprint density at radius 3 is 2.46 bits per heavy atom. The first kappa shape index (κ1) is 25.8. The van der Waals surface area contributed by atoms with Crippen molar-refractivity contribution in [1.82, 2.24) is 10.7 Å². The normalized spacial score (nSPS) is 13.6. The summed E-state index contributed by atoms with van der Waals surface area (Å²) in [6, 6.07) is 12.6. The second-order valence-corrected chi connectivity index (χ2v) is 8.60. The van der Waals surface area contributed by atoms with Crippen molar-refractivity contribution in [1.29, 1.82) is 0 Å². The third-order valence-corrected chi connectivity index (χ3v) is 6.32. The van der Waals surface area contributed by atoms with Crippen LogP contribution < -0.4 is 25.0 Å². The van der Waals surface area contributed by atoms with Gasteiger partial charge in [-0.2, -0.15) is 5.10 Å². The van der Waals surface area contributed by atoms with Crippen molar-refractivity contribution in [3.63, 3.8) is 0 Å². The van der Waals surface area contributed by atoms with Gasteiger partial charge in [0.1, 0.15) is 11.5 Å². The third-order valence-electron chi connectivity index (χ3n) is 6.32. The number of fused-ring (bicyclic) bond motifs is 1. The number of para-hydroxylation sites is 1. The molecule has 3 aromatic rings. The molecule has 1 heterocycles. The van der Waals surface area contributed by atoms with Gasteiger partial charge in [-0.05, 0) is 56.0 Å². The van der Waals surface area contributed by atoms with Crippen LogP contribution in [0.4, 0.5) is 0 Å². The maximum atomic E-state index is 13.0. The van der Waals surface area contributed by atoms with Gasteiger partial charge in [-0.1, -0.05) is 18.2 Å². The number of methoxy groups -OCH3 is 3. The molecule has 0 unspecified atom stereocenters. The van der Waals surface area contributed by atoms with E-state index in [1.165, 1.54) is 7.11 Å². The van der Waals surface area contributed by atoms with Crippen LogP contribution in [0.25, 0.3) is 0 Å². The van der Waals surface area contributed by atoms with Crippen LogP contribution in [0.1, 0.15) is 56.2 Å². The van der Waals surface area contributed by atoms with Gasteiger partial charge in [-0.25, -0.2) is 5.43 Å². The molecule has 0 saturated carbocycles. The van der Waals surface area contributed by atoms with Gasteiger partial charge in [0.25, 0.3) is 11.8 Å². The summed E-state index contributed by atoms with van der Waals surface area (Å²) in [5.74, 6) is 2.09. The van der Waals surface area contributed by atoms with E-state index in [9.17, 15) is 9.59 Å². The van der Waals surface area contributed by atoms with Crippen LogP contribution in [0.5, 0.6) is 17.2 Å². The van der Waals surface area contributed by atoms with E-state index in [1.54, 1.807) is 38.5 Å². The average molecular weight is 506 g/mol. The number of hydrazone groups is 1. The predicted molar refractivity (Wildman–Crippen MR) is 139 cm³/mol. The summed E-state index contributed by atoms with van der Waals surface area (Å²) >= 11 is 0. The predicted octanol–water partition coefficient (Wildman–Crippen LogP) is 4.06. The van der Waals surface area contributed by atoms with Crippen LogP contribution in [-0.2, 0) is 12.8 Å². The first-order chi connectivity index (χ1) is 18.0. The van der Waals surface area contributed by atoms with Crippen LogP contribution in [-0.4, -0.2) is 45.4 Å². The molecule has 1 aliphatic rings. The number of hydrogen-bond donors (Lipinski definition) is 2. The minimum Gasteiger partial charge on any atom is -0.496 e. The Bertz CT molecular complexity index is 1330. The van der Waals surface area contributed by atoms with Crippen LogP contribution >= 0.6 is 0 Å². The van der Waals surface area contributed by atoms with Crippen molar-refractivity contribution in [2.45, 2.75) is 32.6 Å². The zero-order valence-corrected chi connectivity index (χ0v) is 21.5. The molecular weight excluding hydrogens is 474 g/mol. The molecule has 0 saturated heterocycles. The Balaban J connectivity index is 1.44. The largest absolute Gasteiger partial charge is 0.496 e. The Morgan fingerprint density at radius 2 is 1.70 bits per heavy atom. The highest BCUT2D eigenvalue weighted by atomic mass is 16.5. The van der Waals surface area contributed by atoms with Crippen molar-refractivity contribution in [2.75, 3.05) is 27.9 Å². The molecule has 0 atom stereocenters. The van der Waals surface area contributed by atoms with Crippen LogP contribution in [0.2, 0.25) is 0 Å². The number of furan rings is 1. The fraction of sp³-hybridized carbons (Fsp3) is 0.321. The van der Waals surface area contributed by atoms with Gasteiger partial charge in [0.15, 0.2) is 17.3 Å². The standard InChI is InChI=1S/C28H31N3O6/c1-17-25-20(30-31-27(32)19-8-5-6-10-21(19)34-2)9-7-11-23(25)37-26(17)28(33)29-15-14-18-12-13-22(35-3)24(16-18)36-4/h5-6,8,10,12-13,16H,7,9,11,14-15H2,1-4H3,(H,29,33)(H,31,32)/b30-20+. The Hall–Kier alpha value is -4.27. The van der Waals surface area contributed by atoms with Gasteiger partial charge < -0.3 is 23.9 Å². The number of benzene rings is 2. The number of rotatable bonds is 9. The number of aryl methyl sites for hydroxylation is 1. The van der Waals surface area contributed by atoms with E-state index in [0.717, 1.165) is 17.5 Å². The fourth-order valence-corrected chi connectivity index (χ4v) is 4.44. The van der Waals surface area contributed by atoms with E-state index in [-0.39, 0.29) is 17.6 Å². The molecule has 0 bridgehead atoms. The summed E-state index contributed by atoms with van der Waals surface area (Å²) in [7, 11) is 4.70. The highest BCUT2D eigenvalue weighted by Crippen LogP contribution is 2.30. The van der Waals surface area contributed by atoms with Gasteiger partial charge in [-0.15, -0.1) is 0 Å². The van der Waals surface area contributed by atoms with Crippen LogP contribution in [0.15, 0.2) is 52.0 Å². The first-order valence-electron chi connectivity index (χ1n) is 12.1. The summed E-state index contributed by atoms with van der Waals surface area (Å²) in [6.45, 7) is 2.27. The molecule has 37 heavy (non-hydrogen) atoms. The molecule has 1 aromatic heterocycles. The molecule has 2 N–H and O–H groups in total. The number of amides is 2. The van der Waals surface area contributed by atoms with Crippen molar-refractivity contribution in [3.05, 3.63) is 76.2 Å². The summed E-state index contributed by atoms with van der Waals surface area (Å²) in [5, 5.41) is 7.32. The van der Waals surface area contributed by atoms with E-state index in [0.29, 0.717) is 65.7 Å². The summed E-state index contributed by atoms with van der Waals surface area (Å²) in [4.78, 5) is 25.6. The SMILES string of the molecule is COc1ccc(CCNC(=O)c2oc3c(c2C)/C(=N/NC(=O)c2ccccc2OC)CCC3)cc1OC. The molecule has 194 valence electrons. The van der Waals surface area contributed by atoms with E-state index in [2.05, 4.69) is 15.8 Å². The number of hydrogen-bond acceptors (Lipinski definition) is 7. The minimum atomic E-state index is -0.369. The summed E-state index contributed by atoms with van der Waals surface area (Å²) in [6.07, 6.45) is 2.80. The van der Waals surface area contributed by atoms with Crippen molar-refractivity contribution in [3.8, 4) is 17.2 Å². The molecule has 1 aliphatic carbocycles. The second kappa shape index (κ2) is 11.6. The van der Waals surface area contributed by atoms with Gasteiger partial charge in [0.2, 0.25) is 0 Å². The van der Waals surface area contributed by atoms with Crippen LogP contribution in [0, 0.1) is 6.92 Å². The number of ether oxygens (including phenoxy) is 3. The van der Waals surface area contributed by atoms with Crippen molar-refractivity contribution < 1.29 is 28.2 Å². The Morgan fingerprint density at radius 1 is 0.946 bits per heavy atom. The molecule has 0 radical (unpaired) electrons. The van der Waals surface area contributed by atoms with Gasteiger partial charge >= 0.3 is 0 Å². The fourth-order valence-electron chi connectivity index (χ4n) is 4.44. The molecule has 2 aromatic carbocycles. The third kappa shape index (κ3) is 5.61. The van der Waals surface area contributed by atoms with Gasteiger partial charge in [0.05, 0.1) is 32.6 Å². The lowest BCUT2D eigenvalue weighted by Crippen LogP contribution is -2.26. The lowest BCUT2D eigenvalue weighted by Gasteiger charge is -2.14. The molecule has 4 rings (SSSR count). The van der Waals surface area contributed by atoms with E-state index in [1.807, 2.05) is 25.1 Å². The number of carbonyl (C=O) groups is 2. The van der Waals surface area contributed by atoms with Crippen LogP contribution in [0.3, 0.4) is 0 Å². The first-order valence-corrected chi connectivity index (χ1v) is 12.1. The number of nitrogens with zero attached hydrogens (tertiary/aromatic N) is 1. The topological polar surface area (TPSA) is 111 Å². The second-order valence-electron chi connectivity index (χ2n) is 8.60. The quantitative estimate of drug-likeness (QED) is 0.425. The molecule has 0 fully saturated rings. The molecule has 9 heteroatoms. The Labute approximate surface area is 215 Å². The zero-order chi connectivity index (χ0) is 26.4. The monoisotopic (exact) mass is 505 g/mol. The molecule has 0 aliphatic heterocycles. The summed E-state index contributed by atoms with van der Waals surface area (Å²) in [5.41, 5.74) is 6.22. The summed E-state index contributed by atoms with van der Waals surface area (Å²) < 4.78 is 21.8. The van der Waals surface area contributed by atoms with E-state index >= 15 is 0 Å². The van der Waals surface area contributed by atoms with Gasteiger partial charge in [0, 0.05) is 24.1 Å². The lowest BCUT2D eigenvalue weighted by atomic mass is 9.93. The zero-order valence-electron chi connectivity index (χ0n) is 21.5. The number of carbonyl (C=O) groups excluding carboxylic acids is 2. The van der Waals surface area contributed by atoms with E-state index in [4.69, 9.17) is 18.6 Å². The average Bonchev–Trinajstić information content (AvgIpc) is 3.28. The Kier molecular flexibility index (Phi) is 8.12. The highest BCUT2D eigenvalue weighted by Gasteiger charge is 2.28. The smallest absolute Gasteiger partial charge is 0.287 e. The lowest BCUT2D eigenvalue weighted by molar-refractivity contribution is 0.0922. The van der Waals surface area contributed by atoms with Crippen molar-refractivity contribution >= 4 is 17.5 Å².